The van der Waals surface area contributed by atoms with Crippen LogP contribution in [0.3, 0.4) is 0 Å². The van der Waals surface area contributed by atoms with Crippen LogP contribution < -0.4 is 0 Å². The Kier molecular flexibility index (Phi) is 3.33. The molecule has 0 spiro atoms. The molecule has 2 aromatic carbocycles. The van der Waals surface area contributed by atoms with E-state index in [9.17, 15) is 0 Å². The zero-order chi connectivity index (χ0) is 10.5. The average Bonchev–Trinajstić information content (AvgIpc) is 2.30. The van der Waals surface area contributed by atoms with Gasteiger partial charge in [0.05, 0.1) is 6.61 Å². The molecule has 0 bridgehead atoms. The molecule has 78 valence electrons. The molecule has 0 aliphatic carbocycles. The van der Waals surface area contributed by atoms with Gasteiger partial charge in [0.15, 0.2) is 0 Å². The van der Waals surface area contributed by atoms with Gasteiger partial charge in [-0.25, -0.2) is 0 Å². The first kappa shape index (κ1) is 10.1. The van der Waals surface area contributed by atoms with Crippen molar-refractivity contribution in [2.24, 2.45) is 0 Å². The van der Waals surface area contributed by atoms with Crippen LogP contribution in [0, 0.1) is 0 Å². The molecule has 0 atom stereocenters. The Morgan fingerprint density at radius 3 is 2.67 bits per heavy atom. The van der Waals surface area contributed by atoms with Gasteiger partial charge in [0.25, 0.3) is 0 Å². The van der Waals surface area contributed by atoms with Crippen LogP contribution in [0.4, 0.5) is 0 Å². The fraction of sp³-hybridized carbons (Fsp3) is 0.231. The number of hydrogen-bond acceptors (Lipinski definition) is 2. The number of hydrogen-bond donors (Lipinski definition) is 0. The molecule has 0 amide bonds. The summed E-state index contributed by atoms with van der Waals surface area (Å²) in [5.74, 6) is 0. The maximum atomic E-state index is 5.35. The Hall–Kier alpha value is -1.38. The summed E-state index contributed by atoms with van der Waals surface area (Å²) in [6.07, 6.45) is 0. The Balaban J connectivity index is 2.26. The van der Waals surface area contributed by atoms with E-state index in [0.29, 0.717) is 13.4 Å². The summed E-state index contributed by atoms with van der Waals surface area (Å²) in [4.78, 5) is 0. The first-order valence-electron chi connectivity index (χ1n) is 4.95. The number of ether oxygens (including phenoxy) is 2. The molecule has 2 rings (SSSR count). The average molecular weight is 202 g/mol. The minimum absolute atomic E-state index is 0.337. The lowest BCUT2D eigenvalue weighted by molar-refractivity contribution is -0.0387. The lowest BCUT2D eigenvalue weighted by atomic mass is 10.1. The summed E-state index contributed by atoms with van der Waals surface area (Å²) in [5, 5.41) is 2.49. The predicted octanol–water partition coefficient (Wildman–Crippen LogP) is 2.96. The lowest BCUT2D eigenvalue weighted by Crippen LogP contribution is -1.97. The molecule has 2 aromatic rings. The third kappa shape index (κ3) is 2.35. The monoisotopic (exact) mass is 202 g/mol. The van der Waals surface area contributed by atoms with Crippen molar-refractivity contribution in [3.8, 4) is 0 Å². The maximum Gasteiger partial charge on any atom is 0.146 e. The second kappa shape index (κ2) is 4.91. The standard InChI is InChI=1S/C13H14O2/c1-14-10-15-9-12-7-4-6-11-5-2-3-8-13(11)12/h2-8H,9-10H2,1H3. The number of methoxy groups -OCH3 is 1. The van der Waals surface area contributed by atoms with E-state index in [-0.39, 0.29) is 0 Å². The van der Waals surface area contributed by atoms with Crippen molar-refractivity contribution in [1.82, 2.24) is 0 Å². The van der Waals surface area contributed by atoms with Crippen molar-refractivity contribution >= 4 is 10.8 Å². The third-order valence-electron chi connectivity index (χ3n) is 2.34. The van der Waals surface area contributed by atoms with Crippen LogP contribution in [-0.2, 0) is 16.1 Å². The summed E-state index contributed by atoms with van der Waals surface area (Å²) in [5.41, 5.74) is 1.20. The van der Waals surface area contributed by atoms with Gasteiger partial charge in [0, 0.05) is 7.11 Å². The Morgan fingerprint density at radius 2 is 1.80 bits per heavy atom. The van der Waals surface area contributed by atoms with E-state index in [4.69, 9.17) is 9.47 Å². The molecule has 0 saturated carbocycles. The van der Waals surface area contributed by atoms with Crippen molar-refractivity contribution < 1.29 is 9.47 Å². The zero-order valence-electron chi connectivity index (χ0n) is 8.77. The van der Waals surface area contributed by atoms with Gasteiger partial charge in [-0.2, -0.15) is 0 Å². The van der Waals surface area contributed by atoms with E-state index < -0.39 is 0 Å². The van der Waals surface area contributed by atoms with Gasteiger partial charge in [-0.15, -0.1) is 0 Å². The largest absolute Gasteiger partial charge is 0.359 e. The Bertz CT molecular complexity index is 432. The Labute approximate surface area is 89.4 Å². The zero-order valence-corrected chi connectivity index (χ0v) is 8.77. The van der Waals surface area contributed by atoms with Crippen LogP contribution in [0.1, 0.15) is 5.56 Å². The van der Waals surface area contributed by atoms with Crippen LogP contribution in [0.5, 0.6) is 0 Å². The van der Waals surface area contributed by atoms with Crippen LogP contribution >= 0.6 is 0 Å². The fourth-order valence-corrected chi connectivity index (χ4v) is 1.65. The second-order valence-corrected chi connectivity index (χ2v) is 3.39. The topological polar surface area (TPSA) is 18.5 Å². The smallest absolute Gasteiger partial charge is 0.146 e. The third-order valence-corrected chi connectivity index (χ3v) is 2.34. The first-order chi connectivity index (χ1) is 7.42. The second-order valence-electron chi connectivity index (χ2n) is 3.39. The molecule has 0 saturated heterocycles. The molecule has 0 fully saturated rings. The SMILES string of the molecule is COCOCc1cccc2ccccc12. The molecule has 0 aliphatic heterocycles. The Morgan fingerprint density at radius 1 is 1.00 bits per heavy atom. The number of benzene rings is 2. The molecule has 0 aromatic heterocycles. The molecule has 0 radical (unpaired) electrons. The van der Waals surface area contributed by atoms with Crippen molar-refractivity contribution in [3.05, 3.63) is 48.0 Å². The van der Waals surface area contributed by atoms with Gasteiger partial charge in [-0.3, -0.25) is 0 Å². The van der Waals surface area contributed by atoms with Crippen LogP contribution in [-0.4, -0.2) is 13.9 Å². The number of rotatable bonds is 4. The maximum absolute atomic E-state index is 5.35. The summed E-state index contributed by atoms with van der Waals surface area (Å²) in [6, 6.07) is 14.5. The van der Waals surface area contributed by atoms with E-state index in [2.05, 4.69) is 24.3 Å². The highest BCUT2D eigenvalue weighted by Crippen LogP contribution is 2.18. The molecule has 2 nitrogen and oxygen atoms in total. The molecule has 15 heavy (non-hydrogen) atoms. The van der Waals surface area contributed by atoms with Gasteiger partial charge in [0.1, 0.15) is 6.79 Å². The quantitative estimate of drug-likeness (QED) is 0.560. The lowest BCUT2D eigenvalue weighted by Gasteiger charge is -2.06. The van der Waals surface area contributed by atoms with E-state index in [1.165, 1.54) is 16.3 Å². The van der Waals surface area contributed by atoms with E-state index in [1.807, 2.05) is 18.2 Å². The van der Waals surface area contributed by atoms with Crippen molar-refractivity contribution in [2.75, 3.05) is 13.9 Å². The van der Waals surface area contributed by atoms with E-state index in [1.54, 1.807) is 7.11 Å². The molecule has 0 aliphatic rings. The predicted molar refractivity (Wildman–Crippen MR) is 60.6 cm³/mol. The highest BCUT2D eigenvalue weighted by molar-refractivity contribution is 5.85. The van der Waals surface area contributed by atoms with Gasteiger partial charge in [0.2, 0.25) is 0 Å². The minimum atomic E-state index is 0.337. The van der Waals surface area contributed by atoms with Gasteiger partial charge in [-0.05, 0) is 16.3 Å². The van der Waals surface area contributed by atoms with Gasteiger partial charge < -0.3 is 9.47 Å². The van der Waals surface area contributed by atoms with Gasteiger partial charge in [-0.1, -0.05) is 42.5 Å². The molecule has 0 heterocycles. The summed E-state index contributed by atoms with van der Waals surface area (Å²) in [6.45, 7) is 0.929. The summed E-state index contributed by atoms with van der Waals surface area (Å²) >= 11 is 0. The fourth-order valence-electron chi connectivity index (χ4n) is 1.65. The molecule has 0 unspecified atom stereocenters. The summed E-state index contributed by atoms with van der Waals surface area (Å²) < 4.78 is 10.2. The van der Waals surface area contributed by atoms with E-state index >= 15 is 0 Å². The van der Waals surface area contributed by atoms with E-state index in [0.717, 1.165) is 0 Å². The van der Waals surface area contributed by atoms with Crippen LogP contribution in [0.25, 0.3) is 10.8 Å². The molecule has 0 N–H and O–H groups in total. The molecular formula is C13H14O2. The highest BCUT2D eigenvalue weighted by atomic mass is 16.7. The minimum Gasteiger partial charge on any atom is -0.359 e. The van der Waals surface area contributed by atoms with Crippen molar-refractivity contribution in [1.29, 1.82) is 0 Å². The van der Waals surface area contributed by atoms with Gasteiger partial charge >= 0.3 is 0 Å². The highest BCUT2D eigenvalue weighted by Gasteiger charge is 1.99. The van der Waals surface area contributed by atoms with Crippen molar-refractivity contribution in [3.63, 3.8) is 0 Å². The number of fused-ring (bicyclic) bond motifs is 1. The molecule has 2 heteroatoms. The van der Waals surface area contributed by atoms with Crippen LogP contribution in [0.2, 0.25) is 0 Å². The first-order valence-corrected chi connectivity index (χ1v) is 4.95. The van der Waals surface area contributed by atoms with Crippen molar-refractivity contribution in [2.45, 2.75) is 6.61 Å². The normalized spacial score (nSPS) is 10.7. The van der Waals surface area contributed by atoms with Crippen LogP contribution in [0.15, 0.2) is 42.5 Å². The summed E-state index contributed by atoms with van der Waals surface area (Å²) in [7, 11) is 1.63. The molecular weight excluding hydrogens is 188 g/mol.